The van der Waals surface area contributed by atoms with E-state index in [1.807, 2.05) is 10.9 Å². The van der Waals surface area contributed by atoms with Crippen LogP contribution in [-0.2, 0) is 6.42 Å². The van der Waals surface area contributed by atoms with Gasteiger partial charge in [0.1, 0.15) is 0 Å². The molecule has 0 aliphatic carbocycles. The van der Waals surface area contributed by atoms with E-state index < -0.39 is 0 Å². The first kappa shape index (κ1) is 11.3. The molecule has 0 radical (unpaired) electrons. The molecule has 16 heavy (non-hydrogen) atoms. The van der Waals surface area contributed by atoms with Gasteiger partial charge in [-0.05, 0) is 17.5 Å². The second kappa shape index (κ2) is 5.23. The van der Waals surface area contributed by atoms with Crippen LogP contribution in [-0.4, -0.2) is 4.98 Å². The maximum absolute atomic E-state index is 6.13. The molecule has 0 aliphatic rings. The van der Waals surface area contributed by atoms with Crippen LogP contribution in [0, 0.1) is 0 Å². The van der Waals surface area contributed by atoms with E-state index in [0.29, 0.717) is 0 Å². The summed E-state index contributed by atoms with van der Waals surface area (Å²) in [6.07, 6.45) is 2.31. The summed E-state index contributed by atoms with van der Waals surface area (Å²) < 4.78 is 0. The number of hydrogen-bond donors (Lipinski definition) is 1. The van der Waals surface area contributed by atoms with E-state index in [0.717, 1.165) is 17.7 Å². The summed E-state index contributed by atoms with van der Waals surface area (Å²) >= 11 is 1.58. The predicted molar refractivity (Wildman–Crippen MR) is 68.6 cm³/mol. The molecule has 0 spiro atoms. The Hall–Kier alpha value is -1.19. The summed E-state index contributed by atoms with van der Waals surface area (Å²) in [5.74, 6) is 0. The Morgan fingerprint density at radius 1 is 1.31 bits per heavy atom. The number of aromatic nitrogens is 1. The summed E-state index contributed by atoms with van der Waals surface area (Å²) in [7, 11) is 0. The van der Waals surface area contributed by atoms with Crippen LogP contribution in [0.15, 0.2) is 35.2 Å². The lowest BCUT2D eigenvalue weighted by molar-refractivity contribution is 0.835. The molecular weight excluding hydrogens is 216 g/mol. The standard InChI is InChI=1S/C13H16N2S/c1-2-3-10-4-6-11(7-5-10)13(14)12-8-16-9-15-12/h4-9,13H,2-3,14H2,1H3. The topological polar surface area (TPSA) is 38.9 Å². The quantitative estimate of drug-likeness (QED) is 0.879. The Balaban J connectivity index is 2.15. The maximum Gasteiger partial charge on any atom is 0.0795 e. The number of nitrogens with zero attached hydrogens (tertiary/aromatic N) is 1. The zero-order valence-corrected chi connectivity index (χ0v) is 10.2. The van der Waals surface area contributed by atoms with Crippen molar-refractivity contribution in [1.82, 2.24) is 4.98 Å². The molecule has 0 fully saturated rings. The third-order valence-electron chi connectivity index (χ3n) is 2.65. The highest BCUT2D eigenvalue weighted by Crippen LogP contribution is 2.19. The number of nitrogens with two attached hydrogens (primary N) is 1. The highest BCUT2D eigenvalue weighted by molar-refractivity contribution is 7.07. The van der Waals surface area contributed by atoms with Gasteiger partial charge in [0.15, 0.2) is 0 Å². The molecule has 0 saturated carbocycles. The molecule has 0 saturated heterocycles. The van der Waals surface area contributed by atoms with Crippen molar-refractivity contribution in [2.45, 2.75) is 25.8 Å². The molecule has 1 unspecified atom stereocenters. The van der Waals surface area contributed by atoms with Crippen molar-refractivity contribution in [2.24, 2.45) is 5.73 Å². The number of hydrogen-bond acceptors (Lipinski definition) is 3. The molecule has 3 heteroatoms. The summed E-state index contributed by atoms with van der Waals surface area (Å²) in [6.45, 7) is 2.19. The molecule has 0 bridgehead atoms. The Morgan fingerprint density at radius 3 is 2.62 bits per heavy atom. The van der Waals surface area contributed by atoms with Gasteiger partial charge in [-0.2, -0.15) is 0 Å². The van der Waals surface area contributed by atoms with Gasteiger partial charge in [0.25, 0.3) is 0 Å². The van der Waals surface area contributed by atoms with E-state index in [1.54, 1.807) is 11.3 Å². The van der Waals surface area contributed by atoms with E-state index in [2.05, 4.69) is 36.2 Å². The Morgan fingerprint density at radius 2 is 2.06 bits per heavy atom. The Bertz CT molecular complexity index is 420. The van der Waals surface area contributed by atoms with E-state index in [-0.39, 0.29) is 6.04 Å². The molecule has 2 nitrogen and oxygen atoms in total. The van der Waals surface area contributed by atoms with Gasteiger partial charge in [-0.3, -0.25) is 0 Å². The van der Waals surface area contributed by atoms with Crippen molar-refractivity contribution in [1.29, 1.82) is 0 Å². The SMILES string of the molecule is CCCc1ccc(C(N)c2cscn2)cc1. The minimum atomic E-state index is -0.0954. The van der Waals surface area contributed by atoms with E-state index in [1.165, 1.54) is 12.0 Å². The average Bonchev–Trinajstić information content (AvgIpc) is 2.83. The third-order valence-corrected chi connectivity index (χ3v) is 3.25. The van der Waals surface area contributed by atoms with Gasteiger partial charge in [-0.15, -0.1) is 11.3 Å². The van der Waals surface area contributed by atoms with Crippen molar-refractivity contribution in [3.05, 3.63) is 52.0 Å². The van der Waals surface area contributed by atoms with Gasteiger partial charge in [-0.1, -0.05) is 37.6 Å². The average molecular weight is 232 g/mol. The fourth-order valence-corrected chi connectivity index (χ4v) is 2.32. The maximum atomic E-state index is 6.13. The minimum absolute atomic E-state index is 0.0954. The van der Waals surface area contributed by atoms with Crippen LogP contribution in [0.25, 0.3) is 0 Å². The smallest absolute Gasteiger partial charge is 0.0795 e. The molecule has 2 rings (SSSR count). The second-order valence-electron chi connectivity index (χ2n) is 3.88. The first-order valence-electron chi connectivity index (χ1n) is 5.53. The predicted octanol–water partition coefficient (Wildman–Crippen LogP) is 3.14. The third kappa shape index (κ3) is 2.49. The van der Waals surface area contributed by atoms with Gasteiger partial charge in [0.05, 0.1) is 17.2 Å². The number of thiazole rings is 1. The number of benzene rings is 1. The highest BCUT2D eigenvalue weighted by Gasteiger charge is 2.10. The number of aryl methyl sites for hydroxylation is 1. The molecule has 84 valence electrons. The van der Waals surface area contributed by atoms with Gasteiger partial charge in [-0.25, -0.2) is 4.98 Å². The number of rotatable bonds is 4. The summed E-state index contributed by atoms with van der Waals surface area (Å²) in [6, 6.07) is 8.43. The van der Waals surface area contributed by atoms with Gasteiger partial charge >= 0.3 is 0 Å². The van der Waals surface area contributed by atoms with E-state index in [9.17, 15) is 0 Å². The summed E-state index contributed by atoms with van der Waals surface area (Å²) in [5, 5.41) is 2.00. The van der Waals surface area contributed by atoms with Crippen molar-refractivity contribution in [2.75, 3.05) is 0 Å². The van der Waals surface area contributed by atoms with Crippen LogP contribution >= 0.6 is 11.3 Å². The molecule has 2 aromatic rings. The minimum Gasteiger partial charge on any atom is -0.319 e. The molecule has 0 amide bonds. The highest BCUT2D eigenvalue weighted by atomic mass is 32.1. The van der Waals surface area contributed by atoms with Crippen molar-refractivity contribution in [3.63, 3.8) is 0 Å². The van der Waals surface area contributed by atoms with Gasteiger partial charge in [0.2, 0.25) is 0 Å². The first-order chi connectivity index (χ1) is 7.81. The molecule has 1 atom stereocenters. The molecular formula is C13H16N2S. The van der Waals surface area contributed by atoms with Crippen LogP contribution in [0.4, 0.5) is 0 Å². The van der Waals surface area contributed by atoms with Crippen molar-refractivity contribution in [3.8, 4) is 0 Å². The molecule has 0 aliphatic heterocycles. The van der Waals surface area contributed by atoms with Gasteiger partial charge < -0.3 is 5.73 Å². The molecule has 1 aromatic heterocycles. The monoisotopic (exact) mass is 232 g/mol. The van der Waals surface area contributed by atoms with Crippen molar-refractivity contribution >= 4 is 11.3 Å². The van der Waals surface area contributed by atoms with Crippen LogP contribution in [0.5, 0.6) is 0 Å². The van der Waals surface area contributed by atoms with E-state index >= 15 is 0 Å². The summed E-state index contributed by atoms with van der Waals surface area (Å²) in [5.41, 5.74) is 11.4. The lowest BCUT2D eigenvalue weighted by atomic mass is 10.0. The Labute approximate surface area is 100 Å². The van der Waals surface area contributed by atoms with Crippen LogP contribution in [0.1, 0.15) is 36.2 Å². The largest absolute Gasteiger partial charge is 0.319 e. The summed E-state index contributed by atoms with van der Waals surface area (Å²) in [4.78, 5) is 4.24. The lowest BCUT2D eigenvalue weighted by Crippen LogP contribution is -2.12. The fourth-order valence-electron chi connectivity index (χ4n) is 1.73. The van der Waals surface area contributed by atoms with E-state index in [4.69, 9.17) is 5.73 Å². The molecule has 2 N–H and O–H groups in total. The molecule has 1 aromatic carbocycles. The Kier molecular flexibility index (Phi) is 3.70. The van der Waals surface area contributed by atoms with Crippen molar-refractivity contribution < 1.29 is 0 Å². The molecule has 1 heterocycles. The fraction of sp³-hybridized carbons (Fsp3) is 0.308. The van der Waals surface area contributed by atoms with Gasteiger partial charge in [0, 0.05) is 5.38 Å². The zero-order chi connectivity index (χ0) is 11.4. The van der Waals surface area contributed by atoms with Crippen LogP contribution in [0.2, 0.25) is 0 Å². The normalized spacial score (nSPS) is 12.6. The first-order valence-corrected chi connectivity index (χ1v) is 6.48. The van der Waals surface area contributed by atoms with Crippen LogP contribution in [0.3, 0.4) is 0 Å². The second-order valence-corrected chi connectivity index (χ2v) is 4.60. The van der Waals surface area contributed by atoms with Crippen LogP contribution < -0.4 is 5.73 Å². The lowest BCUT2D eigenvalue weighted by Gasteiger charge is -2.09. The zero-order valence-electron chi connectivity index (χ0n) is 9.39.